The van der Waals surface area contributed by atoms with Crippen LogP contribution in [0.15, 0.2) is 24.3 Å². The molecule has 110 valence electrons. The Bertz CT molecular complexity index is 658. The average Bonchev–Trinajstić information content (AvgIpc) is 2.78. The van der Waals surface area contributed by atoms with Crippen molar-refractivity contribution in [1.29, 1.82) is 0 Å². The molecule has 1 aromatic heterocycles. The van der Waals surface area contributed by atoms with Crippen molar-refractivity contribution in [2.24, 2.45) is 0 Å². The first-order valence-corrected chi connectivity index (χ1v) is 8.20. The van der Waals surface area contributed by atoms with Gasteiger partial charge in [0.25, 0.3) is 0 Å². The van der Waals surface area contributed by atoms with E-state index in [1.807, 2.05) is 24.3 Å². The summed E-state index contributed by atoms with van der Waals surface area (Å²) in [4.78, 5) is 13.7. The number of thiophene rings is 1. The number of carbonyl (C=O) groups is 1. The topological polar surface area (TPSA) is 55.1 Å². The van der Waals surface area contributed by atoms with Crippen LogP contribution < -0.4 is 11.1 Å². The van der Waals surface area contributed by atoms with Gasteiger partial charge in [0.1, 0.15) is 0 Å². The first kappa shape index (κ1) is 14.1. The van der Waals surface area contributed by atoms with E-state index >= 15 is 0 Å². The number of hydrogen-bond donors (Lipinski definition) is 2. The molecule has 3 rings (SSSR count). The maximum absolute atomic E-state index is 12.2. The smallest absolute Gasteiger partial charge is 0.229 e. The Hall–Kier alpha value is -1.81. The number of benzene rings is 1. The zero-order chi connectivity index (χ0) is 14.8. The number of amides is 1. The number of nitrogen functional groups attached to an aromatic ring is 1. The van der Waals surface area contributed by atoms with Crippen molar-refractivity contribution in [3.8, 4) is 0 Å². The van der Waals surface area contributed by atoms with Crippen molar-refractivity contribution in [1.82, 2.24) is 0 Å². The summed E-state index contributed by atoms with van der Waals surface area (Å²) >= 11 is 1.75. The highest BCUT2D eigenvalue weighted by molar-refractivity contribution is 7.16. The van der Waals surface area contributed by atoms with Gasteiger partial charge in [-0.25, -0.2) is 0 Å². The van der Waals surface area contributed by atoms with Crippen LogP contribution in [0.5, 0.6) is 0 Å². The number of hydrogen-bond acceptors (Lipinski definition) is 3. The van der Waals surface area contributed by atoms with Gasteiger partial charge in [-0.15, -0.1) is 11.3 Å². The lowest BCUT2D eigenvalue weighted by molar-refractivity contribution is -0.115. The SMILES string of the molecule is Cc1c(NC(=O)Cc2ccc(N)cc2)sc2c1CCCC2. The normalized spacial score (nSPS) is 13.8. The third kappa shape index (κ3) is 3.10. The highest BCUT2D eigenvalue weighted by Gasteiger charge is 2.19. The van der Waals surface area contributed by atoms with E-state index < -0.39 is 0 Å². The molecule has 1 aromatic carbocycles. The third-order valence-electron chi connectivity index (χ3n) is 4.03. The molecular formula is C17H20N2OS. The van der Waals surface area contributed by atoms with Crippen molar-refractivity contribution in [3.05, 3.63) is 45.8 Å². The Balaban J connectivity index is 1.70. The van der Waals surface area contributed by atoms with Gasteiger partial charge in [0.05, 0.1) is 11.4 Å². The summed E-state index contributed by atoms with van der Waals surface area (Å²) in [6.45, 7) is 2.12. The molecular weight excluding hydrogens is 280 g/mol. The standard InChI is InChI=1S/C17H20N2OS/c1-11-14-4-2-3-5-15(14)21-17(11)19-16(20)10-12-6-8-13(18)9-7-12/h6-9H,2-5,10,18H2,1H3,(H,19,20). The number of carbonyl (C=O) groups excluding carboxylic acids is 1. The van der Waals surface area contributed by atoms with E-state index in [1.54, 1.807) is 11.3 Å². The Morgan fingerprint density at radius 1 is 1.24 bits per heavy atom. The van der Waals surface area contributed by atoms with Crippen LogP contribution in [0.2, 0.25) is 0 Å². The molecule has 0 saturated heterocycles. The summed E-state index contributed by atoms with van der Waals surface area (Å²) < 4.78 is 0. The van der Waals surface area contributed by atoms with Gasteiger partial charge in [-0.3, -0.25) is 4.79 Å². The van der Waals surface area contributed by atoms with Crippen molar-refractivity contribution >= 4 is 27.9 Å². The minimum atomic E-state index is 0.0430. The molecule has 21 heavy (non-hydrogen) atoms. The molecule has 3 nitrogen and oxygen atoms in total. The van der Waals surface area contributed by atoms with E-state index in [2.05, 4.69) is 12.2 Å². The van der Waals surface area contributed by atoms with Gasteiger partial charge in [0, 0.05) is 10.6 Å². The fourth-order valence-electron chi connectivity index (χ4n) is 2.83. The molecule has 1 amide bonds. The fraction of sp³-hybridized carbons (Fsp3) is 0.353. The summed E-state index contributed by atoms with van der Waals surface area (Å²) in [6.07, 6.45) is 5.25. The minimum absolute atomic E-state index is 0.0430. The van der Waals surface area contributed by atoms with Crippen molar-refractivity contribution in [2.75, 3.05) is 11.1 Å². The molecule has 1 aliphatic carbocycles. The highest BCUT2D eigenvalue weighted by Crippen LogP contribution is 2.37. The largest absolute Gasteiger partial charge is 0.399 e. The predicted octanol–water partition coefficient (Wildman–Crippen LogP) is 3.70. The van der Waals surface area contributed by atoms with E-state index in [9.17, 15) is 4.79 Å². The van der Waals surface area contributed by atoms with Gasteiger partial charge in [0.15, 0.2) is 0 Å². The summed E-state index contributed by atoms with van der Waals surface area (Å²) in [6, 6.07) is 7.47. The maximum Gasteiger partial charge on any atom is 0.229 e. The summed E-state index contributed by atoms with van der Waals surface area (Å²) in [7, 11) is 0. The van der Waals surface area contributed by atoms with E-state index in [1.165, 1.54) is 28.8 Å². The van der Waals surface area contributed by atoms with E-state index in [0.29, 0.717) is 6.42 Å². The van der Waals surface area contributed by atoms with Gasteiger partial charge in [0.2, 0.25) is 5.91 Å². The zero-order valence-corrected chi connectivity index (χ0v) is 13.1. The summed E-state index contributed by atoms with van der Waals surface area (Å²) in [5.74, 6) is 0.0430. The van der Waals surface area contributed by atoms with Gasteiger partial charge < -0.3 is 11.1 Å². The van der Waals surface area contributed by atoms with Crippen LogP contribution in [0.1, 0.15) is 34.4 Å². The van der Waals surface area contributed by atoms with Gasteiger partial charge >= 0.3 is 0 Å². The molecule has 0 aliphatic heterocycles. The number of aryl methyl sites for hydroxylation is 1. The molecule has 0 radical (unpaired) electrons. The lowest BCUT2D eigenvalue weighted by Gasteiger charge is -2.10. The summed E-state index contributed by atoms with van der Waals surface area (Å²) in [5, 5.41) is 4.11. The molecule has 3 N–H and O–H groups in total. The summed E-state index contributed by atoms with van der Waals surface area (Å²) in [5.41, 5.74) is 10.1. The second-order valence-corrected chi connectivity index (χ2v) is 6.74. The van der Waals surface area contributed by atoms with Crippen LogP contribution in [0.4, 0.5) is 10.7 Å². The van der Waals surface area contributed by atoms with Gasteiger partial charge in [-0.2, -0.15) is 0 Å². The van der Waals surface area contributed by atoms with Crippen LogP contribution in [0.25, 0.3) is 0 Å². The Morgan fingerprint density at radius 3 is 2.67 bits per heavy atom. The predicted molar refractivity (Wildman–Crippen MR) is 88.9 cm³/mol. The van der Waals surface area contributed by atoms with Crippen molar-refractivity contribution < 1.29 is 4.79 Å². The average molecular weight is 300 g/mol. The fourth-order valence-corrected chi connectivity index (χ4v) is 4.15. The number of rotatable bonds is 3. The molecule has 4 heteroatoms. The van der Waals surface area contributed by atoms with E-state index in [4.69, 9.17) is 5.73 Å². The molecule has 0 spiro atoms. The molecule has 1 aliphatic rings. The second-order valence-electron chi connectivity index (χ2n) is 5.63. The highest BCUT2D eigenvalue weighted by atomic mass is 32.1. The number of fused-ring (bicyclic) bond motifs is 1. The number of nitrogens with two attached hydrogens (primary N) is 1. The lowest BCUT2D eigenvalue weighted by Crippen LogP contribution is -2.14. The monoisotopic (exact) mass is 300 g/mol. The Morgan fingerprint density at radius 2 is 1.95 bits per heavy atom. The first-order valence-electron chi connectivity index (χ1n) is 7.39. The first-order chi connectivity index (χ1) is 10.1. The molecule has 0 bridgehead atoms. The lowest BCUT2D eigenvalue weighted by atomic mass is 9.96. The Kier molecular flexibility index (Phi) is 3.97. The van der Waals surface area contributed by atoms with Crippen molar-refractivity contribution in [3.63, 3.8) is 0 Å². The van der Waals surface area contributed by atoms with E-state index in [0.717, 1.165) is 29.1 Å². The Labute approximate surface area is 129 Å². The number of anilines is 2. The van der Waals surface area contributed by atoms with Crippen LogP contribution in [0.3, 0.4) is 0 Å². The van der Waals surface area contributed by atoms with Crippen molar-refractivity contribution in [2.45, 2.75) is 39.0 Å². The van der Waals surface area contributed by atoms with Crippen LogP contribution >= 0.6 is 11.3 Å². The van der Waals surface area contributed by atoms with E-state index in [-0.39, 0.29) is 5.91 Å². The van der Waals surface area contributed by atoms with Crippen LogP contribution in [-0.2, 0) is 24.1 Å². The van der Waals surface area contributed by atoms with Gasteiger partial charge in [-0.05, 0) is 61.4 Å². The maximum atomic E-state index is 12.2. The molecule has 1 heterocycles. The quantitative estimate of drug-likeness (QED) is 0.849. The molecule has 0 saturated carbocycles. The molecule has 2 aromatic rings. The minimum Gasteiger partial charge on any atom is -0.399 e. The molecule has 0 atom stereocenters. The molecule has 0 unspecified atom stereocenters. The van der Waals surface area contributed by atoms with Crippen LogP contribution in [-0.4, -0.2) is 5.91 Å². The molecule has 0 fully saturated rings. The second kappa shape index (κ2) is 5.90. The van der Waals surface area contributed by atoms with Gasteiger partial charge in [-0.1, -0.05) is 12.1 Å². The zero-order valence-electron chi connectivity index (χ0n) is 12.2. The van der Waals surface area contributed by atoms with Crippen LogP contribution in [0, 0.1) is 6.92 Å². The third-order valence-corrected chi connectivity index (χ3v) is 5.34. The number of nitrogens with one attached hydrogen (secondary N) is 1.